The van der Waals surface area contributed by atoms with E-state index in [-0.39, 0.29) is 5.54 Å². The maximum atomic E-state index is 10.2. The number of hydrogen-bond donors (Lipinski definition) is 2. The Hall–Kier alpha value is -0.930. The van der Waals surface area contributed by atoms with Gasteiger partial charge in [-0.15, -0.1) is 0 Å². The normalized spacial score (nSPS) is 18.7. The van der Waals surface area contributed by atoms with E-state index in [4.69, 9.17) is 0 Å². The number of β-amino-alcohol motifs (C(OH)–C–C–N with tert-alkyl or cyclic N) is 1. The fourth-order valence-corrected chi connectivity index (χ4v) is 2.61. The summed E-state index contributed by atoms with van der Waals surface area (Å²) in [4.78, 5) is 4.67. The molecule has 0 aliphatic heterocycles. The number of pyridine rings is 1. The first-order valence-corrected chi connectivity index (χ1v) is 7.36. The summed E-state index contributed by atoms with van der Waals surface area (Å²) < 4.78 is 0. The molecule has 1 fully saturated rings. The average molecular weight is 262 g/mol. The Labute approximate surface area is 116 Å². The molecule has 1 atom stereocenters. The van der Waals surface area contributed by atoms with Crippen LogP contribution in [0.15, 0.2) is 18.2 Å². The van der Waals surface area contributed by atoms with Crippen molar-refractivity contribution >= 4 is 0 Å². The molecule has 3 nitrogen and oxygen atoms in total. The zero-order valence-electron chi connectivity index (χ0n) is 12.3. The number of hydrogen-bond acceptors (Lipinski definition) is 3. The monoisotopic (exact) mass is 262 g/mol. The SMILES string of the molecule is CC(C)(C)NC[C@H](O)c1cccc(C2CCCC2)n1. The van der Waals surface area contributed by atoms with Crippen molar-refractivity contribution in [1.29, 1.82) is 0 Å². The minimum Gasteiger partial charge on any atom is -0.385 e. The quantitative estimate of drug-likeness (QED) is 0.876. The molecule has 0 spiro atoms. The lowest BCUT2D eigenvalue weighted by Crippen LogP contribution is -2.38. The Kier molecular flexibility index (Phi) is 4.58. The molecule has 1 saturated carbocycles. The van der Waals surface area contributed by atoms with Crippen molar-refractivity contribution in [2.45, 2.75) is 64.0 Å². The van der Waals surface area contributed by atoms with Gasteiger partial charge in [0.25, 0.3) is 0 Å². The highest BCUT2D eigenvalue weighted by atomic mass is 16.3. The van der Waals surface area contributed by atoms with Crippen molar-refractivity contribution in [2.75, 3.05) is 6.54 Å². The lowest BCUT2D eigenvalue weighted by atomic mass is 10.0. The summed E-state index contributed by atoms with van der Waals surface area (Å²) in [5.41, 5.74) is 1.97. The molecule has 0 saturated heterocycles. The predicted molar refractivity (Wildman–Crippen MR) is 78.2 cm³/mol. The summed E-state index contributed by atoms with van der Waals surface area (Å²) in [6, 6.07) is 6.05. The molecule has 0 aromatic carbocycles. The van der Waals surface area contributed by atoms with Gasteiger partial charge in [0.1, 0.15) is 6.10 Å². The third-order valence-corrected chi connectivity index (χ3v) is 3.73. The fraction of sp³-hybridized carbons (Fsp3) is 0.688. The van der Waals surface area contributed by atoms with Crippen LogP contribution in [0.5, 0.6) is 0 Å². The van der Waals surface area contributed by atoms with Crippen molar-refractivity contribution in [1.82, 2.24) is 10.3 Å². The highest BCUT2D eigenvalue weighted by Crippen LogP contribution is 2.33. The van der Waals surface area contributed by atoms with Crippen LogP contribution in [0.4, 0.5) is 0 Å². The molecule has 0 amide bonds. The van der Waals surface area contributed by atoms with Gasteiger partial charge in [-0.25, -0.2) is 0 Å². The molecule has 1 aliphatic carbocycles. The number of aromatic nitrogens is 1. The van der Waals surface area contributed by atoms with E-state index in [1.807, 2.05) is 12.1 Å². The second-order valence-corrected chi connectivity index (χ2v) is 6.62. The van der Waals surface area contributed by atoms with Gasteiger partial charge in [0.05, 0.1) is 5.69 Å². The van der Waals surface area contributed by atoms with E-state index >= 15 is 0 Å². The zero-order chi connectivity index (χ0) is 13.9. The van der Waals surface area contributed by atoms with Gasteiger partial charge in [0, 0.05) is 23.7 Å². The Morgan fingerprint density at radius 3 is 2.63 bits per heavy atom. The second-order valence-electron chi connectivity index (χ2n) is 6.62. The van der Waals surface area contributed by atoms with Crippen LogP contribution >= 0.6 is 0 Å². The number of aliphatic hydroxyl groups excluding tert-OH is 1. The van der Waals surface area contributed by atoms with Gasteiger partial charge in [0.2, 0.25) is 0 Å². The third-order valence-electron chi connectivity index (χ3n) is 3.73. The molecule has 1 heterocycles. The molecule has 0 unspecified atom stereocenters. The van der Waals surface area contributed by atoms with Gasteiger partial charge in [-0.05, 0) is 45.7 Å². The van der Waals surface area contributed by atoms with Crippen molar-refractivity contribution < 1.29 is 5.11 Å². The first-order valence-electron chi connectivity index (χ1n) is 7.36. The molecule has 1 aromatic heterocycles. The molecule has 1 aromatic rings. The van der Waals surface area contributed by atoms with Gasteiger partial charge in [-0.3, -0.25) is 4.98 Å². The topological polar surface area (TPSA) is 45.1 Å². The number of aliphatic hydroxyl groups is 1. The van der Waals surface area contributed by atoms with E-state index in [1.54, 1.807) is 0 Å². The van der Waals surface area contributed by atoms with Crippen LogP contribution in [-0.4, -0.2) is 22.2 Å². The average Bonchev–Trinajstić information content (AvgIpc) is 2.89. The summed E-state index contributed by atoms with van der Waals surface area (Å²) in [5.74, 6) is 0.600. The lowest BCUT2D eigenvalue weighted by molar-refractivity contribution is 0.158. The van der Waals surface area contributed by atoms with Gasteiger partial charge < -0.3 is 10.4 Å². The second kappa shape index (κ2) is 6.02. The number of rotatable bonds is 4. The highest BCUT2D eigenvalue weighted by Gasteiger charge is 2.20. The van der Waals surface area contributed by atoms with Gasteiger partial charge in [0.15, 0.2) is 0 Å². The van der Waals surface area contributed by atoms with Crippen LogP contribution in [-0.2, 0) is 0 Å². The molecular weight excluding hydrogens is 236 g/mol. The van der Waals surface area contributed by atoms with Crippen LogP contribution in [0, 0.1) is 0 Å². The Bertz CT molecular complexity index is 405. The van der Waals surface area contributed by atoms with E-state index in [0.29, 0.717) is 12.5 Å². The summed E-state index contributed by atoms with van der Waals surface area (Å²) in [6.45, 7) is 6.84. The van der Waals surface area contributed by atoms with E-state index in [1.165, 1.54) is 25.7 Å². The van der Waals surface area contributed by atoms with E-state index in [2.05, 4.69) is 37.1 Å². The standard InChI is InChI=1S/C16H26N2O/c1-16(2,3)17-11-15(19)14-10-6-9-13(18-14)12-7-4-5-8-12/h6,9-10,12,15,17,19H,4-5,7-8,11H2,1-3H3/t15-/m0/s1. The molecule has 2 N–H and O–H groups in total. The molecule has 106 valence electrons. The van der Waals surface area contributed by atoms with Gasteiger partial charge in [-0.2, -0.15) is 0 Å². The first kappa shape index (κ1) is 14.5. The van der Waals surface area contributed by atoms with Crippen molar-refractivity contribution in [2.24, 2.45) is 0 Å². The maximum absolute atomic E-state index is 10.2. The summed E-state index contributed by atoms with van der Waals surface area (Å²) in [7, 11) is 0. The molecular formula is C16H26N2O. The van der Waals surface area contributed by atoms with E-state index in [9.17, 15) is 5.11 Å². The molecule has 0 radical (unpaired) electrons. The van der Waals surface area contributed by atoms with Crippen LogP contribution in [0.25, 0.3) is 0 Å². The highest BCUT2D eigenvalue weighted by molar-refractivity contribution is 5.17. The van der Waals surface area contributed by atoms with Crippen LogP contribution in [0.3, 0.4) is 0 Å². The zero-order valence-corrected chi connectivity index (χ0v) is 12.3. The van der Waals surface area contributed by atoms with Crippen molar-refractivity contribution in [3.63, 3.8) is 0 Å². The van der Waals surface area contributed by atoms with Crippen molar-refractivity contribution in [3.05, 3.63) is 29.6 Å². The first-order chi connectivity index (χ1) is 8.96. The van der Waals surface area contributed by atoms with Gasteiger partial charge >= 0.3 is 0 Å². The molecule has 2 rings (SSSR count). The maximum Gasteiger partial charge on any atom is 0.108 e. The summed E-state index contributed by atoms with van der Waals surface area (Å²) in [6.07, 6.45) is 4.58. The molecule has 3 heteroatoms. The largest absolute Gasteiger partial charge is 0.385 e. The van der Waals surface area contributed by atoms with Gasteiger partial charge in [-0.1, -0.05) is 18.9 Å². The van der Waals surface area contributed by atoms with Crippen LogP contribution in [0.1, 0.15) is 69.9 Å². The van der Waals surface area contributed by atoms with E-state index in [0.717, 1.165) is 11.4 Å². The molecule has 0 bridgehead atoms. The smallest absolute Gasteiger partial charge is 0.108 e. The number of nitrogens with one attached hydrogen (secondary N) is 1. The van der Waals surface area contributed by atoms with Crippen LogP contribution < -0.4 is 5.32 Å². The minimum atomic E-state index is -0.527. The molecule has 19 heavy (non-hydrogen) atoms. The van der Waals surface area contributed by atoms with Crippen LogP contribution in [0.2, 0.25) is 0 Å². The molecule has 1 aliphatic rings. The lowest BCUT2D eigenvalue weighted by Gasteiger charge is -2.23. The Balaban J connectivity index is 2.01. The van der Waals surface area contributed by atoms with E-state index < -0.39 is 6.10 Å². The Morgan fingerprint density at radius 2 is 2.00 bits per heavy atom. The van der Waals surface area contributed by atoms with Crippen molar-refractivity contribution in [3.8, 4) is 0 Å². The number of nitrogens with zero attached hydrogens (tertiary/aromatic N) is 1. The third kappa shape index (κ3) is 4.29. The fourth-order valence-electron chi connectivity index (χ4n) is 2.61. The summed E-state index contributed by atoms with van der Waals surface area (Å²) in [5, 5.41) is 13.5. The Morgan fingerprint density at radius 1 is 1.32 bits per heavy atom. The summed E-state index contributed by atoms with van der Waals surface area (Å²) >= 11 is 0. The predicted octanol–water partition coefficient (Wildman–Crippen LogP) is 3.16. The minimum absolute atomic E-state index is 0.0179.